The van der Waals surface area contributed by atoms with Crippen LogP contribution >= 0.6 is 11.3 Å². The van der Waals surface area contributed by atoms with E-state index in [1.54, 1.807) is 24.3 Å². The van der Waals surface area contributed by atoms with Gasteiger partial charge in [0.25, 0.3) is 0 Å². The number of aryl methyl sites for hydroxylation is 2. The van der Waals surface area contributed by atoms with Crippen LogP contribution in [0.15, 0.2) is 34.3 Å². The molecule has 4 rings (SSSR count). The Hall–Kier alpha value is -3.24. The second-order valence-electron chi connectivity index (χ2n) is 9.59. The molecule has 3 aromatic rings. The van der Waals surface area contributed by atoms with E-state index in [2.05, 4.69) is 20.8 Å². The number of carbonyl (C=O) groups is 2. The number of hydrogen-bond donors (Lipinski definition) is 3. The van der Waals surface area contributed by atoms with Crippen molar-refractivity contribution in [3.8, 4) is 10.4 Å². The molecule has 0 radical (unpaired) electrons. The molecule has 36 heavy (non-hydrogen) atoms. The molecule has 3 heterocycles. The lowest BCUT2D eigenvalue weighted by atomic mass is 9.91. The van der Waals surface area contributed by atoms with Crippen LogP contribution < -0.4 is 10.6 Å². The molecule has 192 valence electrons. The predicted octanol–water partition coefficient (Wildman–Crippen LogP) is 3.47. The predicted molar refractivity (Wildman–Crippen MR) is 139 cm³/mol. The first-order valence-corrected chi connectivity index (χ1v) is 13.0. The molecule has 1 fully saturated rings. The number of aliphatic hydroxyl groups is 1. The van der Waals surface area contributed by atoms with E-state index >= 15 is 0 Å². The summed E-state index contributed by atoms with van der Waals surface area (Å²) in [4.78, 5) is 33.7. The summed E-state index contributed by atoms with van der Waals surface area (Å²) in [6.45, 7) is 8.04. The van der Waals surface area contributed by atoms with E-state index in [1.807, 2.05) is 51.5 Å². The molecule has 1 aromatic carbocycles. The maximum atomic E-state index is 13.5. The monoisotopic (exact) mass is 511 g/mol. The molecule has 0 saturated carbocycles. The van der Waals surface area contributed by atoms with Gasteiger partial charge in [-0.2, -0.15) is 0 Å². The number of thiazole rings is 1. The molecule has 1 aliphatic rings. The van der Waals surface area contributed by atoms with Crippen LogP contribution in [0.3, 0.4) is 0 Å². The first-order valence-electron chi connectivity index (χ1n) is 12.1. The molecule has 0 aliphatic carbocycles. The lowest BCUT2D eigenvalue weighted by Crippen LogP contribution is -2.48. The van der Waals surface area contributed by atoms with E-state index in [1.165, 1.54) is 4.90 Å². The van der Waals surface area contributed by atoms with Crippen LogP contribution in [0.2, 0.25) is 0 Å². The van der Waals surface area contributed by atoms with Crippen molar-refractivity contribution in [3.63, 3.8) is 0 Å². The molecule has 3 N–H and O–H groups in total. The third-order valence-corrected chi connectivity index (χ3v) is 7.57. The van der Waals surface area contributed by atoms with Crippen LogP contribution in [0.1, 0.15) is 48.9 Å². The molecule has 3 atom stereocenters. The Balaban J connectivity index is 1.48. The normalized spacial score (nSPS) is 18.5. The van der Waals surface area contributed by atoms with Crippen molar-refractivity contribution in [3.05, 3.63) is 52.5 Å². The summed E-state index contributed by atoms with van der Waals surface area (Å²) in [6.07, 6.45) is -0.566. The van der Waals surface area contributed by atoms with Crippen LogP contribution in [0.25, 0.3) is 10.4 Å². The zero-order chi connectivity index (χ0) is 26.0. The van der Waals surface area contributed by atoms with Crippen molar-refractivity contribution in [2.45, 2.75) is 58.7 Å². The van der Waals surface area contributed by atoms with E-state index in [4.69, 9.17) is 4.52 Å². The van der Waals surface area contributed by atoms with E-state index in [9.17, 15) is 14.7 Å². The van der Waals surface area contributed by atoms with Gasteiger partial charge in [-0.25, -0.2) is 4.98 Å². The Morgan fingerprint density at radius 2 is 2.06 bits per heavy atom. The minimum absolute atomic E-state index is 0.0646. The fourth-order valence-corrected chi connectivity index (χ4v) is 5.54. The smallest absolute Gasteiger partial charge is 0.243 e. The summed E-state index contributed by atoms with van der Waals surface area (Å²) in [6, 6.07) is 7.04. The van der Waals surface area contributed by atoms with E-state index in [0.717, 1.165) is 27.4 Å². The summed E-state index contributed by atoms with van der Waals surface area (Å²) in [5.74, 6) is -0.697. The second-order valence-corrected chi connectivity index (χ2v) is 10.4. The van der Waals surface area contributed by atoms with Crippen molar-refractivity contribution in [2.75, 3.05) is 18.9 Å². The highest BCUT2D eigenvalue weighted by Gasteiger charge is 2.43. The van der Waals surface area contributed by atoms with Gasteiger partial charge in [0.2, 0.25) is 11.8 Å². The van der Waals surface area contributed by atoms with Gasteiger partial charge in [0.05, 0.1) is 27.9 Å². The fourth-order valence-electron chi connectivity index (χ4n) is 4.73. The average molecular weight is 512 g/mol. The number of amides is 2. The quantitative estimate of drug-likeness (QED) is 0.423. The van der Waals surface area contributed by atoms with Crippen molar-refractivity contribution in [1.82, 2.24) is 20.4 Å². The number of aromatic nitrogens is 2. The Kier molecular flexibility index (Phi) is 7.75. The Morgan fingerprint density at radius 1 is 1.28 bits per heavy atom. The van der Waals surface area contributed by atoms with Crippen LogP contribution in [-0.4, -0.2) is 57.7 Å². The van der Waals surface area contributed by atoms with Gasteiger partial charge >= 0.3 is 0 Å². The SMILES string of the molecule is CNc1cc(-c2scnc2C)ccc1CNC(=O)[C@H]1C[C@H](O)CN1C(=O)C(c1cc(C)no1)C(C)C. The van der Waals surface area contributed by atoms with Crippen molar-refractivity contribution in [1.29, 1.82) is 0 Å². The maximum absolute atomic E-state index is 13.5. The summed E-state index contributed by atoms with van der Waals surface area (Å²) >= 11 is 1.59. The average Bonchev–Trinajstić information content (AvgIpc) is 3.57. The third kappa shape index (κ3) is 5.29. The van der Waals surface area contributed by atoms with Gasteiger partial charge in [0.1, 0.15) is 17.7 Å². The molecule has 2 aromatic heterocycles. The van der Waals surface area contributed by atoms with E-state index in [0.29, 0.717) is 18.0 Å². The van der Waals surface area contributed by atoms with Crippen molar-refractivity contribution >= 4 is 28.8 Å². The Morgan fingerprint density at radius 3 is 2.67 bits per heavy atom. The molecule has 0 bridgehead atoms. The Labute approximate surface area is 214 Å². The van der Waals surface area contributed by atoms with Gasteiger partial charge in [-0.3, -0.25) is 9.59 Å². The highest BCUT2D eigenvalue weighted by Crippen LogP contribution is 2.32. The number of benzene rings is 1. The van der Waals surface area contributed by atoms with Gasteiger partial charge < -0.3 is 25.2 Å². The van der Waals surface area contributed by atoms with Gasteiger partial charge in [0.15, 0.2) is 0 Å². The lowest BCUT2D eigenvalue weighted by molar-refractivity contribution is -0.141. The second kappa shape index (κ2) is 10.8. The molecule has 1 saturated heterocycles. The molecule has 2 amide bonds. The third-order valence-electron chi connectivity index (χ3n) is 6.59. The minimum Gasteiger partial charge on any atom is -0.391 e. The first kappa shape index (κ1) is 25.8. The summed E-state index contributed by atoms with van der Waals surface area (Å²) < 4.78 is 5.39. The maximum Gasteiger partial charge on any atom is 0.243 e. The van der Waals surface area contributed by atoms with Crippen LogP contribution in [0, 0.1) is 19.8 Å². The number of anilines is 1. The standard InChI is InChI=1S/C26H33N5O4S/c1-14(2)23(22-8-15(3)30-35-22)26(34)31-12-19(32)10-21(31)25(33)28-11-18-7-6-17(9-20(18)27-5)24-16(4)29-13-36-24/h6-9,13-14,19,21,23,27,32H,10-12H2,1-5H3,(H,28,33)/t19-,21+,23?/m0/s1. The number of β-amino-alcohol motifs (C(OH)–C–C–N with tert-alkyl or cyclic N) is 1. The van der Waals surface area contributed by atoms with Gasteiger partial charge in [-0.1, -0.05) is 31.1 Å². The zero-order valence-electron chi connectivity index (χ0n) is 21.2. The van der Waals surface area contributed by atoms with E-state index in [-0.39, 0.29) is 30.7 Å². The topological polar surface area (TPSA) is 121 Å². The van der Waals surface area contributed by atoms with Crippen LogP contribution in [0.4, 0.5) is 5.69 Å². The summed E-state index contributed by atoms with van der Waals surface area (Å²) in [5, 5.41) is 20.4. The van der Waals surface area contributed by atoms with E-state index < -0.39 is 18.1 Å². The van der Waals surface area contributed by atoms with Gasteiger partial charge in [0, 0.05) is 38.3 Å². The van der Waals surface area contributed by atoms with Gasteiger partial charge in [-0.15, -0.1) is 11.3 Å². The lowest BCUT2D eigenvalue weighted by Gasteiger charge is -2.28. The molecular weight excluding hydrogens is 478 g/mol. The highest BCUT2D eigenvalue weighted by molar-refractivity contribution is 7.13. The zero-order valence-corrected chi connectivity index (χ0v) is 22.1. The minimum atomic E-state index is -0.760. The molecule has 1 aliphatic heterocycles. The molecule has 1 unspecified atom stereocenters. The number of nitrogens with zero attached hydrogens (tertiary/aromatic N) is 3. The number of aliphatic hydroxyl groups excluding tert-OH is 1. The van der Waals surface area contributed by atoms with Crippen molar-refractivity contribution < 1.29 is 19.2 Å². The van der Waals surface area contributed by atoms with Crippen LogP contribution in [-0.2, 0) is 16.1 Å². The highest BCUT2D eigenvalue weighted by atomic mass is 32.1. The number of nitrogens with one attached hydrogen (secondary N) is 2. The first-order chi connectivity index (χ1) is 17.2. The largest absolute Gasteiger partial charge is 0.391 e. The number of carbonyl (C=O) groups excluding carboxylic acids is 2. The number of hydrogen-bond acceptors (Lipinski definition) is 8. The van der Waals surface area contributed by atoms with Crippen LogP contribution in [0.5, 0.6) is 0 Å². The summed E-state index contributed by atoms with van der Waals surface area (Å²) in [5.41, 5.74) is 6.39. The number of likely N-dealkylation sites (tertiary alicyclic amines) is 1. The van der Waals surface area contributed by atoms with Crippen molar-refractivity contribution in [2.24, 2.45) is 5.92 Å². The molecule has 9 nitrogen and oxygen atoms in total. The molecule has 0 spiro atoms. The molecule has 10 heteroatoms. The Bertz CT molecular complexity index is 1240. The summed E-state index contributed by atoms with van der Waals surface area (Å²) in [7, 11) is 1.84. The van der Waals surface area contributed by atoms with Gasteiger partial charge in [-0.05, 0) is 37.0 Å². The fraction of sp³-hybridized carbons (Fsp3) is 0.462. The number of rotatable bonds is 8. The molecular formula is C26H33N5O4S.